The molecule has 0 bridgehead atoms. The lowest BCUT2D eigenvalue weighted by molar-refractivity contribution is 0.507. The van der Waals surface area contributed by atoms with Gasteiger partial charge in [0.25, 0.3) is 0 Å². The molecule has 1 aliphatic rings. The number of hydrogen-bond donors (Lipinski definition) is 2. The quantitative estimate of drug-likeness (QED) is 0.743. The van der Waals surface area contributed by atoms with Gasteiger partial charge >= 0.3 is 0 Å². The molecule has 0 spiro atoms. The first-order valence-electron chi connectivity index (χ1n) is 7.22. The third-order valence-corrected chi connectivity index (χ3v) is 6.15. The van der Waals surface area contributed by atoms with E-state index in [0.29, 0.717) is 10.7 Å². The summed E-state index contributed by atoms with van der Waals surface area (Å²) in [4.78, 5) is 0.0335. The molecule has 0 aromatic heterocycles. The third kappa shape index (κ3) is 3.98. The van der Waals surface area contributed by atoms with Crippen molar-refractivity contribution in [2.45, 2.75) is 30.2 Å². The summed E-state index contributed by atoms with van der Waals surface area (Å²) in [5.74, 6) is 0. The van der Waals surface area contributed by atoms with Crippen molar-refractivity contribution >= 4 is 51.3 Å². The summed E-state index contributed by atoms with van der Waals surface area (Å²) < 4.78 is 28.0. The average molecular weight is 408 g/mol. The summed E-state index contributed by atoms with van der Waals surface area (Å²) in [6.45, 7) is 0. The first-order chi connectivity index (χ1) is 10.9. The first-order valence-corrected chi connectivity index (χ1v) is 9.46. The topological polar surface area (TPSA) is 72.2 Å². The number of nitrogens with two attached hydrogens (primary N) is 1. The molecule has 0 amide bonds. The number of nitrogen functional groups attached to an aromatic ring is 1. The summed E-state index contributed by atoms with van der Waals surface area (Å²) in [7, 11) is -3.73. The SMILES string of the molecule is Cl.Nc1ccc2c(c1)CCCC2NS(=O)(=O)c1ccc(Cl)cc1Cl. The lowest BCUT2D eigenvalue weighted by Crippen LogP contribution is -2.31. The van der Waals surface area contributed by atoms with Crippen molar-refractivity contribution in [1.29, 1.82) is 0 Å². The zero-order valence-corrected chi connectivity index (χ0v) is 15.8. The van der Waals surface area contributed by atoms with Gasteiger partial charge < -0.3 is 5.73 Å². The number of anilines is 1. The van der Waals surface area contributed by atoms with Crippen LogP contribution in [-0.2, 0) is 16.4 Å². The second-order valence-electron chi connectivity index (χ2n) is 5.60. The molecule has 2 aromatic carbocycles. The van der Waals surface area contributed by atoms with Gasteiger partial charge in [-0.25, -0.2) is 13.1 Å². The third-order valence-electron chi connectivity index (χ3n) is 3.96. The Bertz CT molecular complexity index is 856. The zero-order valence-electron chi connectivity index (χ0n) is 12.6. The smallest absolute Gasteiger partial charge is 0.242 e. The van der Waals surface area contributed by atoms with Gasteiger partial charge in [-0.3, -0.25) is 0 Å². The molecule has 3 N–H and O–H groups in total. The van der Waals surface area contributed by atoms with Gasteiger partial charge in [0.15, 0.2) is 0 Å². The molecular weight excluding hydrogens is 391 g/mol. The maximum atomic E-state index is 12.6. The Labute approximate surface area is 157 Å². The summed E-state index contributed by atoms with van der Waals surface area (Å²) in [6, 6.07) is 9.66. The minimum Gasteiger partial charge on any atom is -0.399 e. The van der Waals surface area contributed by atoms with E-state index >= 15 is 0 Å². The van der Waals surface area contributed by atoms with E-state index in [1.54, 1.807) is 6.07 Å². The van der Waals surface area contributed by atoms with E-state index in [4.69, 9.17) is 28.9 Å². The van der Waals surface area contributed by atoms with Gasteiger partial charge in [0.1, 0.15) is 4.90 Å². The number of benzene rings is 2. The molecule has 1 atom stereocenters. The van der Waals surface area contributed by atoms with Crippen LogP contribution in [0.1, 0.15) is 30.0 Å². The Morgan fingerprint density at radius 1 is 1.12 bits per heavy atom. The van der Waals surface area contributed by atoms with Crippen LogP contribution in [0.5, 0.6) is 0 Å². The van der Waals surface area contributed by atoms with E-state index in [1.165, 1.54) is 18.2 Å². The molecule has 0 aliphatic heterocycles. The van der Waals surface area contributed by atoms with Gasteiger partial charge in [0.05, 0.1) is 5.02 Å². The van der Waals surface area contributed by atoms with Crippen LogP contribution in [0.3, 0.4) is 0 Å². The van der Waals surface area contributed by atoms with Crippen molar-refractivity contribution in [3.8, 4) is 0 Å². The van der Waals surface area contributed by atoms with Crippen LogP contribution in [0, 0.1) is 0 Å². The van der Waals surface area contributed by atoms with E-state index in [2.05, 4.69) is 4.72 Å². The van der Waals surface area contributed by atoms with Gasteiger partial charge in [-0.1, -0.05) is 29.3 Å². The average Bonchev–Trinajstić information content (AvgIpc) is 2.46. The number of halogens is 3. The van der Waals surface area contributed by atoms with E-state index in [-0.39, 0.29) is 28.4 Å². The lowest BCUT2D eigenvalue weighted by Gasteiger charge is -2.26. The molecule has 0 radical (unpaired) electrons. The summed E-state index contributed by atoms with van der Waals surface area (Å²) >= 11 is 11.9. The van der Waals surface area contributed by atoms with Crippen LogP contribution in [0.2, 0.25) is 10.0 Å². The maximum Gasteiger partial charge on any atom is 0.242 e. The van der Waals surface area contributed by atoms with Crippen molar-refractivity contribution in [3.05, 3.63) is 57.6 Å². The minimum absolute atomic E-state index is 0. The van der Waals surface area contributed by atoms with Crippen LogP contribution < -0.4 is 10.5 Å². The fraction of sp³-hybridized carbons (Fsp3) is 0.250. The molecule has 1 unspecified atom stereocenters. The summed E-state index contributed by atoms with van der Waals surface area (Å²) in [5, 5.41) is 0.505. The Hall–Kier alpha value is -0.980. The zero-order chi connectivity index (χ0) is 16.6. The molecule has 0 saturated heterocycles. The molecular formula is C16H17Cl3N2O2S. The van der Waals surface area contributed by atoms with E-state index in [0.717, 1.165) is 30.4 Å². The number of fused-ring (bicyclic) bond motifs is 1. The predicted molar refractivity (Wildman–Crippen MR) is 101 cm³/mol. The van der Waals surface area contributed by atoms with Gasteiger partial charge in [-0.15, -0.1) is 12.4 Å². The molecule has 3 rings (SSSR count). The van der Waals surface area contributed by atoms with Crippen molar-refractivity contribution < 1.29 is 8.42 Å². The van der Waals surface area contributed by atoms with Gasteiger partial charge in [-0.2, -0.15) is 0 Å². The molecule has 4 nitrogen and oxygen atoms in total. The molecule has 130 valence electrons. The van der Waals surface area contributed by atoms with Crippen LogP contribution in [0.4, 0.5) is 5.69 Å². The van der Waals surface area contributed by atoms with Crippen LogP contribution >= 0.6 is 35.6 Å². The minimum atomic E-state index is -3.73. The first kappa shape index (κ1) is 19.3. The van der Waals surface area contributed by atoms with E-state index in [9.17, 15) is 8.42 Å². The molecule has 8 heteroatoms. The number of hydrogen-bond acceptors (Lipinski definition) is 3. The van der Waals surface area contributed by atoms with Gasteiger partial charge in [-0.05, 0) is 60.7 Å². The van der Waals surface area contributed by atoms with Crippen molar-refractivity contribution in [3.63, 3.8) is 0 Å². The van der Waals surface area contributed by atoms with Crippen molar-refractivity contribution in [2.75, 3.05) is 5.73 Å². The second-order valence-corrected chi connectivity index (χ2v) is 8.13. The van der Waals surface area contributed by atoms with E-state index < -0.39 is 10.0 Å². The number of rotatable bonds is 3. The Balaban J connectivity index is 0.00000208. The molecule has 0 saturated carbocycles. The van der Waals surface area contributed by atoms with Gasteiger partial charge in [0, 0.05) is 16.8 Å². The fourth-order valence-electron chi connectivity index (χ4n) is 2.90. The lowest BCUT2D eigenvalue weighted by atomic mass is 9.88. The van der Waals surface area contributed by atoms with Crippen LogP contribution in [0.25, 0.3) is 0 Å². The molecule has 2 aromatic rings. The normalized spacial score (nSPS) is 17.0. The Morgan fingerprint density at radius 2 is 1.88 bits per heavy atom. The summed E-state index contributed by atoms with van der Waals surface area (Å²) in [5.41, 5.74) is 8.56. The number of sulfonamides is 1. The predicted octanol–water partition coefficient (Wildman–Crippen LogP) is 4.35. The Morgan fingerprint density at radius 3 is 2.58 bits per heavy atom. The fourth-order valence-corrected chi connectivity index (χ4v) is 4.92. The van der Waals surface area contributed by atoms with Crippen LogP contribution in [-0.4, -0.2) is 8.42 Å². The number of nitrogens with one attached hydrogen (secondary N) is 1. The molecule has 0 fully saturated rings. The van der Waals surface area contributed by atoms with Crippen molar-refractivity contribution in [1.82, 2.24) is 4.72 Å². The second kappa shape index (κ2) is 7.50. The standard InChI is InChI=1S/C16H16Cl2N2O2S.ClH/c17-11-4-7-16(14(18)9-11)23(21,22)20-15-3-1-2-10-8-12(19)5-6-13(10)15;/h4-9,15,20H,1-3,19H2;1H. The number of aryl methyl sites for hydroxylation is 1. The highest BCUT2D eigenvalue weighted by atomic mass is 35.5. The molecule has 24 heavy (non-hydrogen) atoms. The molecule has 0 heterocycles. The monoisotopic (exact) mass is 406 g/mol. The highest BCUT2D eigenvalue weighted by Crippen LogP contribution is 2.33. The van der Waals surface area contributed by atoms with Crippen LogP contribution in [0.15, 0.2) is 41.3 Å². The van der Waals surface area contributed by atoms with Crippen molar-refractivity contribution in [2.24, 2.45) is 0 Å². The highest BCUT2D eigenvalue weighted by Gasteiger charge is 2.27. The molecule has 1 aliphatic carbocycles. The van der Waals surface area contributed by atoms with Gasteiger partial charge in [0.2, 0.25) is 10.0 Å². The largest absolute Gasteiger partial charge is 0.399 e. The highest BCUT2D eigenvalue weighted by molar-refractivity contribution is 7.89. The summed E-state index contributed by atoms with van der Waals surface area (Å²) in [6.07, 6.45) is 2.54. The van der Waals surface area contributed by atoms with E-state index in [1.807, 2.05) is 12.1 Å². The maximum absolute atomic E-state index is 12.6. The Kier molecular flexibility index (Phi) is 6.04.